The molecule has 2 rings (SSSR count). The third kappa shape index (κ3) is 3.78. The molecule has 0 unspecified atom stereocenters. The summed E-state index contributed by atoms with van der Waals surface area (Å²) in [4.78, 5) is 25.9. The molecule has 1 aromatic heterocycles. The molecule has 0 radical (unpaired) electrons. The van der Waals surface area contributed by atoms with E-state index in [9.17, 15) is 14.9 Å². The van der Waals surface area contributed by atoms with Crippen molar-refractivity contribution < 1.29 is 9.72 Å². The fourth-order valence-corrected chi connectivity index (χ4v) is 1.86. The summed E-state index contributed by atoms with van der Waals surface area (Å²) >= 11 is 0. The van der Waals surface area contributed by atoms with Gasteiger partial charge in [-0.3, -0.25) is 0 Å². The van der Waals surface area contributed by atoms with Gasteiger partial charge in [0.1, 0.15) is 12.7 Å². The monoisotopic (exact) mass is 289 g/mol. The minimum absolute atomic E-state index is 0.0854. The van der Waals surface area contributed by atoms with Gasteiger partial charge in [-0.15, -0.1) is 0 Å². The second-order valence-electron chi connectivity index (χ2n) is 4.32. The molecule has 1 heterocycles. The van der Waals surface area contributed by atoms with Crippen molar-refractivity contribution in [1.82, 2.24) is 14.9 Å². The molecule has 0 saturated heterocycles. The maximum Gasteiger partial charge on any atom is 0.342 e. The smallest absolute Gasteiger partial charge is 0.342 e. The number of nitro groups is 1. The first-order chi connectivity index (χ1) is 10.1. The molecule has 0 aliphatic rings. The number of aromatic nitrogens is 2. The SMILES string of the molecule is Cc1ncc([N+](=O)[O-])n1CCNC(=O)Nc1ccccc1. The van der Waals surface area contributed by atoms with Crippen LogP contribution in [-0.2, 0) is 6.54 Å². The summed E-state index contributed by atoms with van der Waals surface area (Å²) in [6.07, 6.45) is 1.21. The number of urea groups is 1. The number of rotatable bonds is 5. The third-order valence-electron chi connectivity index (χ3n) is 2.87. The molecule has 2 N–H and O–H groups in total. The maximum atomic E-state index is 11.7. The number of hydrogen-bond acceptors (Lipinski definition) is 4. The van der Waals surface area contributed by atoms with E-state index in [4.69, 9.17) is 0 Å². The zero-order valence-corrected chi connectivity index (χ0v) is 11.4. The first-order valence-corrected chi connectivity index (χ1v) is 6.34. The number of amides is 2. The Morgan fingerprint density at radius 3 is 2.76 bits per heavy atom. The Morgan fingerprint density at radius 2 is 2.10 bits per heavy atom. The molecule has 8 nitrogen and oxygen atoms in total. The largest absolute Gasteiger partial charge is 0.358 e. The topological polar surface area (TPSA) is 102 Å². The fourth-order valence-electron chi connectivity index (χ4n) is 1.86. The Bertz CT molecular complexity index is 639. The van der Waals surface area contributed by atoms with Crippen molar-refractivity contribution in [3.05, 3.63) is 52.5 Å². The lowest BCUT2D eigenvalue weighted by Gasteiger charge is -2.07. The van der Waals surface area contributed by atoms with E-state index < -0.39 is 4.92 Å². The van der Waals surface area contributed by atoms with Gasteiger partial charge in [0.2, 0.25) is 0 Å². The molecule has 0 aliphatic carbocycles. The van der Waals surface area contributed by atoms with Crippen LogP contribution in [-0.4, -0.2) is 27.1 Å². The molecular formula is C13H15N5O3. The lowest BCUT2D eigenvalue weighted by Crippen LogP contribution is -2.31. The molecule has 0 atom stereocenters. The average Bonchev–Trinajstić information content (AvgIpc) is 2.81. The Labute approximate surface area is 121 Å². The van der Waals surface area contributed by atoms with Gasteiger partial charge >= 0.3 is 11.8 Å². The predicted molar refractivity (Wildman–Crippen MR) is 77.1 cm³/mol. The van der Waals surface area contributed by atoms with Gasteiger partial charge in [0.25, 0.3) is 0 Å². The van der Waals surface area contributed by atoms with E-state index in [2.05, 4.69) is 15.6 Å². The summed E-state index contributed by atoms with van der Waals surface area (Å²) in [5.74, 6) is 0.449. The fraction of sp³-hybridized carbons (Fsp3) is 0.231. The molecule has 0 saturated carbocycles. The van der Waals surface area contributed by atoms with Crippen molar-refractivity contribution in [3.8, 4) is 0 Å². The van der Waals surface area contributed by atoms with Gasteiger partial charge in [-0.2, -0.15) is 0 Å². The number of aryl methyl sites for hydroxylation is 1. The molecule has 0 bridgehead atoms. The average molecular weight is 289 g/mol. The van der Waals surface area contributed by atoms with Gasteiger partial charge in [0, 0.05) is 12.6 Å². The van der Waals surface area contributed by atoms with Crippen molar-refractivity contribution in [2.75, 3.05) is 11.9 Å². The summed E-state index contributed by atoms with van der Waals surface area (Å²) in [7, 11) is 0. The summed E-state index contributed by atoms with van der Waals surface area (Å²) < 4.78 is 1.45. The number of nitrogens with zero attached hydrogens (tertiary/aromatic N) is 3. The summed E-state index contributed by atoms with van der Waals surface area (Å²) in [6.45, 7) is 2.22. The van der Waals surface area contributed by atoms with Crippen LogP contribution in [0.3, 0.4) is 0 Å². The van der Waals surface area contributed by atoms with E-state index in [0.29, 0.717) is 11.5 Å². The molecule has 21 heavy (non-hydrogen) atoms. The number of carbonyl (C=O) groups excluding carboxylic acids is 1. The third-order valence-corrected chi connectivity index (χ3v) is 2.87. The molecule has 8 heteroatoms. The van der Waals surface area contributed by atoms with Crippen molar-refractivity contribution >= 4 is 17.5 Å². The molecule has 2 aromatic rings. The molecule has 1 aromatic carbocycles. The van der Waals surface area contributed by atoms with Gasteiger partial charge in [0.05, 0.1) is 6.54 Å². The molecule has 110 valence electrons. The quantitative estimate of drug-likeness (QED) is 0.648. The number of para-hydroxylation sites is 1. The minimum atomic E-state index is -0.496. The maximum absolute atomic E-state index is 11.7. The van der Waals surface area contributed by atoms with Crippen LogP contribution in [0.1, 0.15) is 5.82 Å². The van der Waals surface area contributed by atoms with E-state index >= 15 is 0 Å². The molecule has 2 amide bonds. The number of anilines is 1. The second kappa shape index (κ2) is 6.51. The predicted octanol–water partition coefficient (Wildman–Crippen LogP) is 1.92. The van der Waals surface area contributed by atoms with E-state index in [1.54, 1.807) is 19.1 Å². The number of hydrogen-bond donors (Lipinski definition) is 2. The zero-order chi connectivity index (χ0) is 15.2. The molecule has 0 aliphatic heterocycles. The summed E-state index contributed by atoms with van der Waals surface area (Å²) in [5.41, 5.74) is 0.680. The van der Waals surface area contributed by atoms with Gasteiger partial charge in [-0.1, -0.05) is 18.2 Å². The van der Waals surface area contributed by atoms with Crippen molar-refractivity contribution in [1.29, 1.82) is 0 Å². The Hall–Kier alpha value is -2.90. The van der Waals surface area contributed by atoms with Crippen LogP contribution in [0.2, 0.25) is 0 Å². The highest BCUT2D eigenvalue weighted by Gasteiger charge is 2.16. The van der Waals surface area contributed by atoms with Crippen LogP contribution >= 0.6 is 0 Å². The van der Waals surface area contributed by atoms with E-state index in [1.807, 2.05) is 18.2 Å². The highest BCUT2D eigenvalue weighted by Crippen LogP contribution is 2.12. The Balaban J connectivity index is 1.86. The van der Waals surface area contributed by atoms with Gasteiger partial charge in [-0.25, -0.2) is 14.3 Å². The van der Waals surface area contributed by atoms with Crippen molar-refractivity contribution in [2.24, 2.45) is 0 Å². The number of nitrogens with one attached hydrogen (secondary N) is 2. The first-order valence-electron chi connectivity index (χ1n) is 6.34. The standard InChI is InChI=1S/C13H15N5O3/c1-10-15-9-12(18(20)21)17(10)8-7-14-13(19)16-11-5-3-2-4-6-11/h2-6,9H,7-8H2,1H3,(H2,14,16,19). The van der Waals surface area contributed by atoms with Gasteiger partial charge in [-0.05, 0) is 17.1 Å². The van der Waals surface area contributed by atoms with E-state index in [1.165, 1.54) is 10.8 Å². The van der Waals surface area contributed by atoms with Crippen LogP contribution in [0.4, 0.5) is 16.3 Å². The molecule has 0 fully saturated rings. The van der Waals surface area contributed by atoms with Gasteiger partial charge in [0.15, 0.2) is 5.82 Å². The summed E-state index contributed by atoms with van der Waals surface area (Å²) in [5, 5.41) is 16.1. The Morgan fingerprint density at radius 1 is 1.38 bits per heavy atom. The minimum Gasteiger partial charge on any atom is -0.358 e. The van der Waals surface area contributed by atoms with Crippen LogP contribution in [0.5, 0.6) is 0 Å². The highest BCUT2D eigenvalue weighted by molar-refractivity contribution is 5.89. The van der Waals surface area contributed by atoms with E-state index in [-0.39, 0.29) is 24.9 Å². The summed E-state index contributed by atoms with van der Waals surface area (Å²) in [6, 6.07) is 8.65. The zero-order valence-electron chi connectivity index (χ0n) is 11.4. The van der Waals surface area contributed by atoms with Crippen LogP contribution < -0.4 is 10.6 Å². The van der Waals surface area contributed by atoms with E-state index in [0.717, 1.165) is 0 Å². The van der Waals surface area contributed by atoms with Crippen LogP contribution in [0, 0.1) is 17.0 Å². The van der Waals surface area contributed by atoms with Crippen LogP contribution in [0.25, 0.3) is 0 Å². The molecular weight excluding hydrogens is 274 g/mol. The van der Waals surface area contributed by atoms with Crippen molar-refractivity contribution in [3.63, 3.8) is 0 Å². The van der Waals surface area contributed by atoms with Crippen molar-refractivity contribution in [2.45, 2.75) is 13.5 Å². The highest BCUT2D eigenvalue weighted by atomic mass is 16.6. The number of carbonyl (C=O) groups is 1. The lowest BCUT2D eigenvalue weighted by atomic mass is 10.3. The molecule has 0 spiro atoms. The van der Waals surface area contributed by atoms with Crippen LogP contribution in [0.15, 0.2) is 36.5 Å². The lowest BCUT2D eigenvalue weighted by molar-refractivity contribution is -0.392. The number of benzene rings is 1. The second-order valence-corrected chi connectivity index (χ2v) is 4.32. The normalized spacial score (nSPS) is 10.1. The van der Waals surface area contributed by atoms with Gasteiger partial charge < -0.3 is 20.7 Å². The first kappa shape index (κ1) is 14.5. The Kier molecular flexibility index (Phi) is 4.50. The number of imidazole rings is 1.